The molecule has 0 aromatic heterocycles. The van der Waals surface area contributed by atoms with Crippen LogP contribution in [0.5, 0.6) is 0 Å². The van der Waals surface area contributed by atoms with Crippen LogP contribution in [0.4, 0.5) is 9.18 Å². The first kappa shape index (κ1) is 19.2. The summed E-state index contributed by atoms with van der Waals surface area (Å²) in [5.41, 5.74) is 1.47. The average Bonchev–Trinajstić information content (AvgIpc) is 2.54. The summed E-state index contributed by atoms with van der Waals surface area (Å²) < 4.78 is 40.8. The number of carbonyl (C=O) groups is 1. The Morgan fingerprint density at radius 1 is 1.08 bits per heavy atom. The van der Waals surface area contributed by atoms with Gasteiger partial charge in [-0.15, -0.1) is 0 Å². The third-order valence-electron chi connectivity index (χ3n) is 3.33. The van der Waals surface area contributed by atoms with E-state index >= 15 is 0 Å². The van der Waals surface area contributed by atoms with Gasteiger partial charge in [0.05, 0.1) is 11.8 Å². The van der Waals surface area contributed by atoms with Gasteiger partial charge in [0.25, 0.3) is 0 Å². The first-order valence-electron chi connectivity index (χ1n) is 7.46. The highest BCUT2D eigenvalue weighted by Gasteiger charge is 2.20. The maximum atomic E-state index is 13.0. The van der Waals surface area contributed by atoms with Crippen LogP contribution in [-0.4, -0.2) is 26.3 Å². The van der Waals surface area contributed by atoms with E-state index in [9.17, 15) is 17.6 Å². The van der Waals surface area contributed by atoms with E-state index in [1.807, 2.05) is 18.2 Å². The van der Waals surface area contributed by atoms with Crippen LogP contribution in [0.25, 0.3) is 0 Å². The highest BCUT2D eigenvalue weighted by Crippen LogP contribution is 2.10. The van der Waals surface area contributed by atoms with Crippen molar-refractivity contribution in [3.8, 4) is 0 Å². The first-order valence-corrected chi connectivity index (χ1v) is 9.93. The molecular formula is C17H17ClFNO4S. The van der Waals surface area contributed by atoms with Crippen molar-refractivity contribution in [3.05, 3.63) is 71.5 Å². The van der Waals surface area contributed by atoms with E-state index in [2.05, 4.69) is 5.32 Å². The van der Waals surface area contributed by atoms with Crippen molar-refractivity contribution >= 4 is 25.8 Å². The highest BCUT2D eigenvalue weighted by atomic mass is 35.7. The Morgan fingerprint density at radius 2 is 1.72 bits per heavy atom. The third kappa shape index (κ3) is 7.53. The van der Waals surface area contributed by atoms with Crippen molar-refractivity contribution in [1.82, 2.24) is 5.32 Å². The number of alkyl carbamates (subject to hydrolysis) is 1. The number of hydrogen-bond donors (Lipinski definition) is 1. The van der Waals surface area contributed by atoms with Crippen molar-refractivity contribution in [2.45, 2.75) is 19.1 Å². The van der Waals surface area contributed by atoms with Crippen molar-refractivity contribution < 1.29 is 22.3 Å². The summed E-state index contributed by atoms with van der Waals surface area (Å²) >= 11 is 0. The van der Waals surface area contributed by atoms with Crippen LogP contribution in [-0.2, 0) is 26.8 Å². The molecule has 0 radical (unpaired) electrons. The number of benzene rings is 2. The van der Waals surface area contributed by atoms with Gasteiger partial charge in [-0.05, 0) is 29.7 Å². The van der Waals surface area contributed by atoms with Gasteiger partial charge in [0, 0.05) is 10.7 Å². The molecular weight excluding hydrogens is 369 g/mol. The predicted octanol–water partition coefficient (Wildman–Crippen LogP) is 3.23. The van der Waals surface area contributed by atoms with Gasteiger partial charge in [-0.25, -0.2) is 17.6 Å². The molecule has 25 heavy (non-hydrogen) atoms. The molecule has 1 unspecified atom stereocenters. The maximum Gasteiger partial charge on any atom is 0.407 e. The van der Waals surface area contributed by atoms with E-state index in [0.29, 0.717) is 5.56 Å². The Bertz CT molecular complexity index is 797. The van der Waals surface area contributed by atoms with Crippen LogP contribution in [0, 0.1) is 5.82 Å². The van der Waals surface area contributed by atoms with Gasteiger partial charge in [0.2, 0.25) is 9.05 Å². The number of carbonyl (C=O) groups excluding carboxylic acids is 1. The van der Waals surface area contributed by atoms with Crippen LogP contribution in [0.1, 0.15) is 11.1 Å². The number of halogens is 2. The summed E-state index contributed by atoms with van der Waals surface area (Å²) in [4.78, 5) is 11.9. The highest BCUT2D eigenvalue weighted by molar-refractivity contribution is 8.13. The molecule has 1 atom stereocenters. The molecule has 0 saturated carbocycles. The first-order chi connectivity index (χ1) is 11.8. The zero-order valence-electron chi connectivity index (χ0n) is 13.2. The molecule has 0 aliphatic carbocycles. The van der Waals surface area contributed by atoms with Gasteiger partial charge in [0.1, 0.15) is 12.4 Å². The molecule has 1 amide bonds. The summed E-state index contributed by atoms with van der Waals surface area (Å²) in [6.07, 6.45) is -0.580. The van der Waals surface area contributed by atoms with Crippen molar-refractivity contribution in [2.75, 3.05) is 5.75 Å². The molecule has 2 aromatic carbocycles. The van der Waals surface area contributed by atoms with Crippen LogP contribution in [0.15, 0.2) is 54.6 Å². The van der Waals surface area contributed by atoms with Crippen molar-refractivity contribution in [2.24, 2.45) is 0 Å². The Kier molecular flexibility index (Phi) is 6.78. The molecule has 8 heteroatoms. The fraction of sp³-hybridized carbons (Fsp3) is 0.235. The van der Waals surface area contributed by atoms with E-state index < -0.39 is 32.8 Å². The van der Waals surface area contributed by atoms with Crippen LogP contribution in [0.3, 0.4) is 0 Å². The molecule has 0 aliphatic rings. The Balaban J connectivity index is 1.97. The van der Waals surface area contributed by atoms with Crippen molar-refractivity contribution in [3.63, 3.8) is 0 Å². The molecule has 2 rings (SSSR count). The van der Waals surface area contributed by atoms with Gasteiger partial charge >= 0.3 is 6.09 Å². The molecule has 2 aromatic rings. The number of nitrogens with one attached hydrogen (secondary N) is 1. The fourth-order valence-corrected chi connectivity index (χ4v) is 3.37. The minimum Gasteiger partial charge on any atom is -0.445 e. The summed E-state index contributed by atoms with van der Waals surface area (Å²) in [7, 11) is 1.46. The smallest absolute Gasteiger partial charge is 0.407 e. The van der Waals surface area contributed by atoms with Gasteiger partial charge in [-0.3, -0.25) is 0 Å². The molecule has 134 valence electrons. The van der Waals surface area contributed by atoms with E-state index in [4.69, 9.17) is 15.4 Å². The number of amides is 1. The van der Waals surface area contributed by atoms with Gasteiger partial charge < -0.3 is 10.1 Å². The van der Waals surface area contributed by atoms with Gasteiger partial charge in [-0.1, -0.05) is 42.5 Å². The minimum absolute atomic E-state index is 0.0591. The summed E-state index contributed by atoms with van der Waals surface area (Å²) in [6, 6.07) is 13.8. The molecule has 0 saturated heterocycles. The predicted molar refractivity (Wildman–Crippen MR) is 93.3 cm³/mol. The average molecular weight is 386 g/mol. The van der Waals surface area contributed by atoms with Crippen LogP contribution >= 0.6 is 10.7 Å². The maximum absolute atomic E-state index is 13.0. The van der Waals surface area contributed by atoms with Gasteiger partial charge in [-0.2, -0.15) is 0 Å². The van der Waals surface area contributed by atoms with Crippen LogP contribution < -0.4 is 5.32 Å². The molecule has 0 bridgehead atoms. The lowest BCUT2D eigenvalue weighted by Crippen LogP contribution is -2.40. The van der Waals surface area contributed by atoms with Crippen LogP contribution in [0.2, 0.25) is 0 Å². The molecule has 0 heterocycles. The largest absolute Gasteiger partial charge is 0.445 e. The summed E-state index contributed by atoms with van der Waals surface area (Å²) in [6.45, 7) is 0.0591. The number of hydrogen-bond acceptors (Lipinski definition) is 4. The quantitative estimate of drug-likeness (QED) is 0.743. The lowest BCUT2D eigenvalue weighted by atomic mass is 10.1. The molecule has 1 N–H and O–H groups in total. The van der Waals surface area contributed by atoms with E-state index in [-0.39, 0.29) is 13.0 Å². The Morgan fingerprint density at radius 3 is 2.32 bits per heavy atom. The van der Waals surface area contributed by atoms with E-state index in [1.165, 1.54) is 24.3 Å². The van der Waals surface area contributed by atoms with E-state index in [0.717, 1.165) is 5.56 Å². The normalized spacial score (nSPS) is 12.4. The zero-order chi connectivity index (χ0) is 18.3. The third-order valence-corrected chi connectivity index (χ3v) is 4.51. The second-order valence-electron chi connectivity index (χ2n) is 5.44. The Labute approximate surface area is 150 Å². The SMILES string of the molecule is O=C(NC(Cc1ccc(F)cc1)CS(=O)(=O)Cl)OCc1ccccc1. The summed E-state index contributed by atoms with van der Waals surface area (Å²) in [5.74, 6) is -0.868. The zero-order valence-corrected chi connectivity index (χ0v) is 14.8. The molecule has 5 nitrogen and oxygen atoms in total. The lowest BCUT2D eigenvalue weighted by molar-refractivity contribution is 0.136. The Hall–Kier alpha value is -2.12. The molecule has 0 fully saturated rings. The topological polar surface area (TPSA) is 72.5 Å². The van der Waals surface area contributed by atoms with E-state index in [1.54, 1.807) is 12.1 Å². The second kappa shape index (κ2) is 8.82. The number of ether oxygens (including phenoxy) is 1. The molecule has 0 aliphatic heterocycles. The second-order valence-corrected chi connectivity index (χ2v) is 8.26. The molecule has 0 spiro atoms. The minimum atomic E-state index is -3.84. The summed E-state index contributed by atoms with van der Waals surface area (Å²) in [5, 5.41) is 2.49. The lowest BCUT2D eigenvalue weighted by Gasteiger charge is -2.17. The number of rotatable bonds is 7. The van der Waals surface area contributed by atoms with Gasteiger partial charge in [0.15, 0.2) is 0 Å². The standard InChI is InChI=1S/C17H17ClFNO4S/c18-25(22,23)12-16(10-13-6-8-15(19)9-7-13)20-17(21)24-11-14-4-2-1-3-5-14/h1-9,16H,10-12H2,(H,20,21). The van der Waals surface area contributed by atoms with Crippen molar-refractivity contribution in [1.29, 1.82) is 0 Å². The fourth-order valence-electron chi connectivity index (χ4n) is 2.23. The monoisotopic (exact) mass is 385 g/mol.